The quantitative estimate of drug-likeness (QED) is 0.199. The van der Waals surface area contributed by atoms with E-state index in [1.807, 2.05) is 6.92 Å². The van der Waals surface area contributed by atoms with Gasteiger partial charge >= 0.3 is 11.9 Å². The number of esters is 2. The molecule has 1 aromatic carbocycles. The van der Waals surface area contributed by atoms with Gasteiger partial charge < -0.3 is 19.7 Å². The Morgan fingerprint density at radius 3 is 2.43 bits per heavy atom. The van der Waals surface area contributed by atoms with Crippen molar-refractivity contribution in [2.45, 2.75) is 83.3 Å². The number of aliphatic hydroxyl groups is 2. The molecule has 0 spiro atoms. The van der Waals surface area contributed by atoms with Crippen LogP contribution in [0.4, 0.5) is 5.69 Å². The van der Waals surface area contributed by atoms with Crippen molar-refractivity contribution in [2.24, 2.45) is 28.6 Å². The van der Waals surface area contributed by atoms with Crippen molar-refractivity contribution < 1.29 is 43.8 Å². The molecule has 0 aromatic heterocycles. The summed E-state index contributed by atoms with van der Waals surface area (Å²) in [5.41, 5.74) is -1.99. The molecular weight excluding hydrogens is 546 g/mol. The zero-order valence-electron chi connectivity index (χ0n) is 23.9. The van der Waals surface area contributed by atoms with Gasteiger partial charge in [0.05, 0.1) is 23.9 Å². The fraction of sp³-hybridized carbons (Fsp3) is 0.613. The van der Waals surface area contributed by atoms with Crippen molar-refractivity contribution in [1.82, 2.24) is 0 Å². The normalized spacial score (nSPS) is 35.2. The minimum atomic E-state index is -1.77. The van der Waals surface area contributed by atoms with Gasteiger partial charge in [-0.2, -0.15) is 0 Å². The fourth-order valence-corrected chi connectivity index (χ4v) is 8.51. The van der Waals surface area contributed by atoms with E-state index in [1.165, 1.54) is 24.3 Å². The smallest absolute Gasteiger partial charge is 0.311 e. The number of nitro groups is 1. The molecule has 0 bridgehead atoms. The second-order valence-electron chi connectivity index (χ2n) is 12.8. The second kappa shape index (κ2) is 11.0. The first-order chi connectivity index (χ1) is 19.8. The van der Waals surface area contributed by atoms with Gasteiger partial charge in [0, 0.05) is 24.0 Å². The number of ether oxygens (including phenoxy) is 2. The summed E-state index contributed by atoms with van der Waals surface area (Å²) in [7, 11) is 0. The highest BCUT2D eigenvalue weighted by molar-refractivity contribution is 5.92. The highest BCUT2D eigenvalue weighted by atomic mass is 16.6. The minimum Gasteiger partial charge on any atom is -0.458 e. The molecule has 0 saturated heterocycles. The van der Waals surface area contributed by atoms with Crippen molar-refractivity contribution in [3.63, 3.8) is 0 Å². The SMILES string of the molecule is C[C@]12CCC(=O)C=C1CC[C@@H]1[C@@H]2[C@@H](O)C[C@@]2(C)[C@H]1CC[C@]2(O)C(=O)COC(=O)CCC(=O)Oc1ccc([N+](=O)[O-])cc1. The number of nitrogens with zero attached hydrogens (tertiary/aromatic N) is 1. The molecule has 11 heteroatoms. The number of benzene rings is 1. The maximum Gasteiger partial charge on any atom is 0.311 e. The van der Waals surface area contributed by atoms with Crippen molar-refractivity contribution in [2.75, 3.05) is 6.61 Å². The van der Waals surface area contributed by atoms with Crippen LogP contribution >= 0.6 is 0 Å². The van der Waals surface area contributed by atoms with Crippen molar-refractivity contribution >= 4 is 29.2 Å². The van der Waals surface area contributed by atoms with Crippen LogP contribution in [0.15, 0.2) is 35.9 Å². The van der Waals surface area contributed by atoms with Crippen LogP contribution in [0.1, 0.15) is 71.6 Å². The first kappa shape index (κ1) is 30.0. The van der Waals surface area contributed by atoms with Crippen LogP contribution in [0, 0.1) is 38.7 Å². The average Bonchev–Trinajstić information content (AvgIpc) is 3.21. The van der Waals surface area contributed by atoms with Gasteiger partial charge in [-0.05, 0) is 79.9 Å². The largest absolute Gasteiger partial charge is 0.458 e. The van der Waals surface area contributed by atoms with E-state index in [9.17, 15) is 39.5 Å². The molecule has 0 radical (unpaired) electrons. The number of fused-ring (bicyclic) bond motifs is 5. The third-order valence-corrected chi connectivity index (χ3v) is 10.7. The highest BCUT2D eigenvalue weighted by Crippen LogP contribution is 2.67. The van der Waals surface area contributed by atoms with Crippen LogP contribution in [-0.2, 0) is 23.9 Å². The molecule has 42 heavy (non-hydrogen) atoms. The number of nitro benzene ring substituents is 1. The molecule has 11 nitrogen and oxygen atoms in total. The predicted octanol–water partition coefficient (Wildman–Crippen LogP) is 3.63. The third-order valence-electron chi connectivity index (χ3n) is 10.7. The first-order valence-electron chi connectivity index (χ1n) is 14.6. The molecule has 2 N–H and O–H groups in total. The maximum absolute atomic E-state index is 13.4. The van der Waals surface area contributed by atoms with E-state index >= 15 is 0 Å². The van der Waals surface area contributed by atoms with Crippen molar-refractivity contribution in [3.8, 4) is 5.75 Å². The lowest BCUT2D eigenvalue weighted by molar-refractivity contribution is -0.384. The number of Topliss-reactive ketones (excluding diaryl/α,β-unsaturated/α-hetero) is 1. The van der Waals surface area contributed by atoms with Gasteiger partial charge in [-0.1, -0.05) is 19.4 Å². The molecule has 226 valence electrons. The number of ketones is 2. The third kappa shape index (κ3) is 5.06. The number of non-ortho nitro benzene ring substituents is 1. The maximum atomic E-state index is 13.4. The zero-order chi connectivity index (χ0) is 30.4. The summed E-state index contributed by atoms with van der Waals surface area (Å²) in [6, 6.07) is 4.92. The topological polar surface area (TPSA) is 170 Å². The Balaban J connectivity index is 1.17. The molecule has 0 aliphatic heterocycles. The van der Waals surface area contributed by atoms with Crippen LogP contribution < -0.4 is 4.74 Å². The summed E-state index contributed by atoms with van der Waals surface area (Å²) in [4.78, 5) is 60.1. The number of allylic oxidation sites excluding steroid dienone is 1. The number of aliphatic hydroxyl groups excluding tert-OH is 1. The zero-order valence-corrected chi connectivity index (χ0v) is 23.9. The highest BCUT2D eigenvalue weighted by Gasteiger charge is 2.68. The number of hydrogen-bond acceptors (Lipinski definition) is 10. The standard InChI is InChI=1S/C31H37NO10/c1-29-13-11-20(33)15-18(29)3-8-22-23-12-14-31(38,30(23,2)16-24(34)28(22)29)25(35)17-41-26(36)9-10-27(37)42-21-6-4-19(5-7-21)32(39)40/h4-7,15,22-24,28,34,38H,3,8-14,16-17H2,1-2H3/t22-,23-,24-,28+,29-,30-,31-/m0/s1. The Labute approximate surface area is 243 Å². The fourth-order valence-electron chi connectivity index (χ4n) is 8.51. The number of hydrogen-bond donors (Lipinski definition) is 2. The van der Waals surface area contributed by atoms with E-state index in [4.69, 9.17) is 9.47 Å². The van der Waals surface area contributed by atoms with Gasteiger partial charge in [-0.25, -0.2) is 0 Å². The molecule has 3 saturated carbocycles. The molecular formula is C31H37NO10. The summed E-state index contributed by atoms with van der Waals surface area (Å²) < 4.78 is 10.2. The number of carbonyl (C=O) groups is 4. The van der Waals surface area contributed by atoms with E-state index < -0.39 is 46.4 Å². The molecule has 3 fully saturated rings. The molecule has 0 heterocycles. The van der Waals surface area contributed by atoms with Crippen LogP contribution in [0.2, 0.25) is 0 Å². The Kier molecular flexibility index (Phi) is 7.86. The molecule has 0 unspecified atom stereocenters. The summed E-state index contributed by atoms with van der Waals surface area (Å²) in [5.74, 6) is -1.90. The lowest BCUT2D eigenvalue weighted by atomic mass is 9.45. The van der Waals surface area contributed by atoms with Crippen molar-refractivity contribution in [1.29, 1.82) is 0 Å². The number of rotatable bonds is 8. The lowest BCUT2D eigenvalue weighted by Crippen LogP contribution is -2.62. The summed E-state index contributed by atoms with van der Waals surface area (Å²) in [5, 5.41) is 34.0. The predicted molar refractivity (Wildman–Crippen MR) is 147 cm³/mol. The van der Waals surface area contributed by atoms with Crippen LogP contribution in [0.5, 0.6) is 5.75 Å². The Morgan fingerprint density at radius 2 is 1.74 bits per heavy atom. The van der Waals surface area contributed by atoms with E-state index in [2.05, 4.69) is 6.92 Å². The van der Waals surface area contributed by atoms with Crippen LogP contribution in [0.3, 0.4) is 0 Å². The van der Waals surface area contributed by atoms with Gasteiger partial charge in [-0.15, -0.1) is 0 Å². The average molecular weight is 584 g/mol. The Hall–Kier alpha value is -3.44. The Morgan fingerprint density at radius 1 is 1.05 bits per heavy atom. The van der Waals surface area contributed by atoms with Gasteiger partial charge in [-0.3, -0.25) is 29.3 Å². The van der Waals surface area contributed by atoms with Crippen LogP contribution in [-0.4, -0.2) is 57.0 Å². The molecule has 4 aliphatic carbocycles. The monoisotopic (exact) mass is 583 g/mol. The summed E-state index contributed by atoms with van der Waals surface area (Å²) in [6.07, 6.45) is 4.09. The van der Waals surface area contributed by atoms with Gasteiger partial charge in [0.25, 0.3) is 5.69 Å². The Bertz CT molecular complexity index is 1340. The van der Waals surface area contributed by atoms with E-state index in [1.54, 1.807) is 6.08 Å². The van der Waals surface area contributed by atoms with E-state index in [-0.39, 0.29) is 66.1 Å². The van der Waals surface area contributed by atoms with E-state index in [0.29, 0.717) is 19.3 Å². The molecule has 0 amide bonds. The van der Waals surface area contributed by atoms with Gasteiger partial charge in [0.15, 0.2) is 12.4 Å². The first-order valence-corrected chi connectivity index (χ1v) is 14.6. The molecule has 1 aromatic rings. The summed E-state index contributed by atoms with van der Waals surface area (Å²) >= 11 is 0. The second-order valence-corrected chi connectivity index (χ2v) is 12.8. The molecule has 7 atom stereocenters. The minimum absolute atomic E-state index is 0.000691. The van der Waals surface area contributed by atoms with Crippen LogP contribution in [0.25, 0.3) is 0 Å². The molecule has 4 aliphatic rings. The van der Waals surface area contributed by atoms with Crippen molar-refractivity contribution in [3.05, 3.63) is 46.0 Å². The van der Waals surface area contributed by atoms with E-state index in [0.717, 1.165) is 18.4 Å². The summed E-state index contributed by atoms with van der Waals surface area (Å²) in [6.45, 7) is 3.35. The number of carbonyl (C=O) groups excluding carboxylic acids is 4. The van der Waals surface area contributed by atoms with Gasteiger partial charge in [0.1, 0.15) is 11.4 Å². The lowest BCUT2D eigenvalue weighted by Gasteiger charge is -2.60. The van der Waals surface area contributed by atoms with Gasteiger partial charge in [0.2, 0.25) is 5.78 Å². The molecule has 5 rings (SSSR count).